The van der Waals surface area contributed by atoms with Gasteiger partial charge in [0.05, 0.1) is 0 Å². The highest BCUT2D eigenvalue weighted by atomic mass is 14.8. The van der Waals surface area contributed by atoms with Gasteiger partial charge in [0.2, 0.25) is 0 Å². The van der Waals surface area contributed by atoms with E-state index in [0.29, 0.717) is 0 Å². The Morgan fingerprint density at radius 2 is 1.15 bits per heavy atom. The van der Waals surface area contributed by atoms with Crippen molar-refractivity contribution in [3.05, 3.63) is 0 Å². The lowest BCUT2D eigenvalue weighted by Gasteiger charge is -2.01. The van der Waals surface area contributed by atoms with Gasteiger partial charge >= 0.3 is 0 Å². The standard InChI is InChI=1S/C12H27N/c1-3-4-5-6-7-8-9-10-11-12-13-2/h13H,3-12H2,1-2H3. The van der Waals surface area contributed by atoms with Gasteiger partial charge in [-0.2, -0.15) is 0 Å². The van der Waals surface area contributed by atoms with Crippen LogP contribution >= 0.6 is 0 Å². The minimum absolute atomic E-state index is 1.19. The zero-order valence-electron chi connectivity index (χ0n) is 9.57. The van der Waals surface area contributed by atoms with Crippen LogP contribution in [-0.2, 0) is 0 Å². The van der Waals surface area contributed by atoms with Gasteiger partial charge in [-0.3, -0.25) is 0 Å². The molecule has 0 rings (SSSR count). The molecule has 0 bridgehead atoms. The SMILES string of the molecule is CCCCCCCCCCCNC. The summed E-state index contributed by atoms with van der Waals surface area (Å²) in [5, 5.41) is 3.19. The molecule has 13 heavy (non-hydrogen) atoms. The van der Waals surface area contributed by atoms with Gasteiger partial charge in [0.1, 0.15) is 0 Å². The van der Waals surface area contributed by atoms with Crippen LogP contribution < -0.4 is 5.32 Å². The maximum Gasteiger partial charge on any atom is -0.00519 e. The van der Waals surface area contributed by atoms with Crippen LogP contribution in [-0.4, -0.2) is 13.6 Å². The molecule has 0 unspecified atom stereocenters. The van der Waals surface area contributed by atoms with E-state index in [0.717, 1.165) is 0 Å². The summed E-state index contributed by atoms with van der Waals surface area (Å²) in [6.07, 6.45) is 12.8. The lowest BCUT2D eigenvalue weighted by atomic mass is 10.1. The number of hydrogen-bond donors (Lipinski definition) is 1. The van der Waals surface area contributed by atoms with Crippen LogP contribution in [0.15, 0.2) is 0 Å². The van der Waals surface area contributed by atoms with Crippen LogP contribution in [0.3, 0.4) is 0 Å². The van der Waals surface area contributed by atoms with E-state index in [1.807, 2.05) is 7.05 Å². The first kappa shape index (κ1) is 13.0. The van der Waals surface area contributed by atoms with E-state index < -0.39 is 0 Å². The fourth-order valence-electron chi connectivity index (χ4n) is 1.61. The van der Waals surface area contributed by atoms with E-state index in [9.17, 15) is 0 Å². The van der Waals surface area contributed by atoms with Gasteiger partial charge in [0.25, 0.3) is 0 Å². The van der Waals surface area contributed by atoms with Gasteiger partial charge in [-0.15, -0.1) is 0 Å². The molecule has 0 aliphatic heterocycles. The Kier molecular flexibility index (Phi) is 11.9. The molecule has 0 radical (unpaired) electrons. The van der Waals surface area contributed by atoms with Crippen molar-refractivity contribution in [3.63, 3.8) is 0 Å². The first-order chi connectivity index (χ1) is 6.41. The molecule has 0 saturated carbocycles. The largest absolute Gasteiger partial charge is 0.320 e. The molecule has 0 aromatic heterocycles. The predicted molar refractivity (Wildman–Crippen MR) is 61.2 cm³/mol. The maximum absolute atomic E-state index is 3.19. The summed E-state index contributed by atoms with van der Waals surface area (Å²) in [5.74, 6) is 0. The molecule has 0 aromatic rings. The first-order valence-corrected chi connectivity index (χ1v) is 6.06. The predicted octanol–water partition coefficient (Wildman–Crippen LogP) is 3.74. The third-order valence-corrected chi connectivity index (χ3v) is 2.53. The highest BCUT2D eigenvalue weighted by molar-refractivity contribution is 4.47. The smallest absolute Gasteiger partial charge is 0.00519 e. The molecule has 0 aliphatic rings. The number of nitrogens with one attached hydrogen (secondary N) is 1. The summed E-state index contributed by atoms with van der Waals surface area (Å²) in [6, 6.07) is 0. The second kappa shape index (κ2) is 12.0. The lowest BCUT2D eigenvalue weighted by molar-refractivity contribution is 0.558. The van der Waals surface area contributed by atoms with Gasteiger partial charge in [-0.05, 0) is 20.0 Å². The quantitative estimate of drug-likeness (QED) is 0.511. The summed E-state index contributed by atoms with van der Waals surface area (Å²) in [5.41, 5.74) is 0. The van der Waals surface area contributed by atoms with Crippen LogP contribution in [0.2, 0.25) is 0 Å². The van der Waals surface area contributed by atoms with Crippen molar-refractivity contribution >= 4 is 0 Å². The van der Waals surface area contributed by atoms with Gasteiger partial charge in [-0.25, -0.2) is 0 Å². The van der Waals surface area contributed by atoms with E-state index in [4.69, 9.17) is 0 Å². The summed E-state index contributed by atoms with van der Waals surface area (Å²) in [7, 11) is 2.03. The third-order valence-electron chi connectivity index (χ3n) is 2.53. The maximum atomic E-state index is 3.19. The molecular formula is C12H27N. The van der Waals surface area contributed by atoms with Crippen LogP contribution in [0.4, 0.5) is 0 Å². The molecule has 0 atom stereocenters. The Morgan fingerprint density at radius 1 is 0.692 bits per heavy atom. The topological polar surface area (TPSA) is 12.0 Å². The molecule has 0 saturated heterocycles. The average Bonchev–Trinajstić information content (AvgIpc) is 2.16. The average molecular weight is 185 g/mol. The van der Waals surface area contributed by atoms with Crippen molar-refractivity contribution in [2.24, 2.45) is 0 Å². The second-order valence-corrected chi connectivity index (χ2v) is 3.93. The van der Waals surface area contributed by atoms with E-state index in [-0.39, 0.29) is 0 Å². The Hall–Kier alpha value is -0.0400. The Morgan fingerprint density at radius 3 is 1.62 bits per heavy atom. The summed E-state index contributed by atoms with van der Waals surface area (Å²) < 4.78 is 0. The van der Waals surface area contributed by atoms with Crippen LogP contribution in [0, 0.1) is 0 Å². The molecule has 0 spiro atoms. The second-order valence-electron chi connectivity index (χ2n) is 3.93. The molecule has 0 aromatic carbocycles. The normalized spacial score (nSPS) is 10.6. The van der Waals surface area contributed by atoms with Crippen LogP contribution in [0.5, 0.6) is 0 Å². The molecule has 0 fully saturated rings. The van der Waals surface area contributed by atoms with Crippen LogP contribution in [0.1, 0.15) is 64.7 Å². The van der Waals surface area contributed by atoms with Crippen molar-refractivity contribution in [1.82, 2.24) is 5.32 Å². The number of rotatable bonds is 10. The summed E-state index contributed by atoms with van der Waals surface area (Å²) in [4.78, 5) is 0. The minimum Gasteiger partial charge on any atom is -0.320 e. The highest BCUT2D eigenvalue weighted by Crippen LogP contribution is 2.08. The van der Waals surface area contributed by atoms with E-state index in [1.54, 1.807) is 0 Å². The van der Waals surface area contributed by atoms with E-state index in [2.05, 4.69) is 12.2 Å². The molecule has 1 heteroatoms. The fraction of sp³-hybridized carbons (Fsp3) is 1.00. The van der Waals surface area contributed by atoms with E-state index >= 15 is 0 Å². The van der Waals surface area contributed by atoms with Crippen molar-refractivity contribution in [2.75, 3.05) is 13.6 Å². The van der Waals surface area contributed by atoms with Gasteiger partial charge in [-0.1, -0.05) is 58.3 Å². The van der Waals surface area contributed by atoms with Gasteiger partial charge in [0.15, 0.2) is 0 Å². The summed E-state index contributed by atoms with van der Waals surface area (Å²) >= 11 is 0. The number of unbranched alkanes of at least 4 members (excludes halogenated alkanes) is 8. The van der Waals surface area contributed by atoms with Crippen LogP contribution in [0.25, 0.3) is 0 Å². The van der Waals surface area contributed by atoms with Crippen molar-refractivity contribution < 1.29 is 0 Å². The lowest BCUT2D eigenvalue weighted by Crippen LogP contribution is -2.06. The summed E-state index contributed by atoms with van der Waals surface area (Å²) in [6.45, 7) is 3.47. The van der Waals surface area contributed by atoms with E-state index in [1.165, 1.54) is 64.3 Å². The molecule has 1 nitrogen and oxygen atoms in total. The zero-order valence-corrected chi connectivity index (χ0v) is 9.57. The molecule has 80 valence electrons. The van der Waals surface area contributed by atoms with Gasteiger partial charge < -0.3 is 5.32 Å². The van der Waals surface area contributed by atoms with Crippen molar-refractivity contribution in [3.8, 4) is 0 Å². The monoisotopic (exact) mass is 185 g/mol. The number of hydrogen-bond acceptors (Lipinski definition) is 1. The molecular weight excluding hydrogens is 158 g/mol. The molecule has 0 heterocycles. The van der Waals surface area contributed by atoms with Crippen molar-refractivity contribution in [2.45, 2.75) is 64.7 Å². The zero-order chi connectivity index (χ0) is 9.78. The molecule has 0 aliphatic carbocycles. The van der Waals surface area contributed by atoms with Gasteiger partial charge in [0, 0.05) is 0 Å². The molecule has 0 amide bonds. The minimum atomic E-state index is 1.19. The fourth-order valence-corrected chi connectivity index (χ4v) is 1.61. The highest BCUT2D eigenvalue weighted by Gasteiger charge is 1.90. The van der Waals surface area contributed by atoms with Crippen molar-refractivity contribution in [1.29, 1.82) is 0 Å². The first-order valence-electron chi connectivity index (χ1n) is 6.06. The molecule has 1 N–H and O–H groups in total. The Balaban J connectivity index is 2.76. The third kappa shape index (κ3) is 12.0. The Bertz CT molecular complexity index is 71.2. The Labute approximate surface area is 84.3 Å².